The van der Waals surface area contributed by atoms with Crippen molar-refractivity contribution in [2.75, 3.05) is 5.32 Å². The van der Waals surface area contributed by atoms with Gasteiger partial charge in [0, 0.05) is 4.47 Å². The number of amides is 1. The molecule has 0 aliphatic heterocycles. The van der Waals surface area contributed by atoms with Crippen LogP contribution < -0.4 is 5.32 Å². The molecule has 1 amide bonds. The Bertz CT molecular complexity index is 734. The number of carbonyl (C=O) groups excluding carboxylic acids is 1. The number of carboxylic acids is 1. The highest BCUT2D eigenvalue weighted by Crippen LogP contribution is 2.26. The summed E-state index contributed by atoms with van der Waals surface area (Å²) in [5.41, 5.74) is 0.911. The second kappa shape index (κ2) is 6.24. The average Bonchev–Trinajstić information content (AvgIpc) is 2.41. The van der Waals surface area contributed by atoms with Gasteiger partial charge in [0.25, 0.3) is 5.91 Å². The van der Waals surface area contributed by atoms with Crippen LogP contribution in [0.2, 0.25) is 5.02 Å². The molecule has 2 rings (SSSR count). The van der Waals surface area contributed by atoms with Crippen LogP contribution in [0, 0.1) is 6.92 Å². The van der Waals surface area contributed by atoms with Gasteiger partial charge in [-0.2, -0.15) is 0 Å². The van der Waals surface area contributed by atoms with Crippen molar-refractivity contribution in [2.24, 2.45) is 0 Å². The first kappa shape index (κ1) is 15.5. The zero-order valence-electron chi connectivity index (χ0n) is 10.9. The lowest BCUT2D eigenvalue weighted by Crippen LogP contribution is -2.15. The molecule has 1 aromatic heterocycles. The zero-order valence-corrected chi connectivity index (χ0v) is 13.2. The standard InChI is InChI=1S/C14H10BrClN2O3/c1-7-9(14(20)21)3-5-12(17-7)13(19)18-11-4-2-8(15)6-10(11)16/h2-6H,1H3,(H,18,19)(H,20,21). The molecular formula is C14H10BrClN2O3. The molecule has 2 aromatic rings. The number of nitrogens with zero attached hydrogens (tertiary/aromatic N) is 1. The van der Waals surface area contributed by atoms with E-state index < -0.39 is 11.9 Å². The maximum Gasteiger partial charge on any atom is 0.337 e. The number of anilines is 1. The number of carbonyl (C=O) groups is 2. The molecule has 0 saturated carbocycles. The third-order valence-electron chi connectivity index (χ3n) is 2.73. The first-order valence-electron chi connectivity index (χ1n) is 5.86. The molecule has 0 aliphatic rings. The summed E-state index contributed by atoms with van der Waals surface area (Å²) in [4.78, 5) is 27.0. The topological polar surface area (TPSA) is 79.3 Å². The number of halogens is 2. The van der Waals surface area contributed by atoms with Crippen LogP contribution in [0.3, 0.4) is 0 Å². The Balaban J connectivity index is 2.24. The number of rotatable bonds is 3. The lowest BCUT2D eigenvalue weighted by atomic mass is 10.2. The Morgan fingerprint density at radius 3 is 2.57 bits per heavy atom. The fourth-order valence-corrected chi connectivity index (χ4v) is 2.41. The molecule has 0 atom stereocenters. The molecule has 1 heterocycles. The maximum atomic E-state index is 12.1. The lowest BCUT2D eigenvalue weighted by Gasteiger charge is -2.08. The van der Waals surface area contributed by atoms with Crippen LogP contribution in [0.1, 0.15) is 26.5 Å². The van der Waals surface area contributed by atoms with Crippen LogP contribution in [0.4, 0.5) is 5.69 Å². The Morgan fingerprint density at radius 2 is 2.00 bits per heavy atom. The molecule has 1 aromatic carbocycles. The van der Waals surface area contributed by atoms with Crippen molar-refractivity contribution in [3.05, 3.63) is 56.8 Å². The number of pyridine rings is 1. The fourth-order valence-electron chi connectivity index (χ4n) is 1.69. The van der Waals surface area contributed by atoms with Gasteiger partial charge in [-0.1, -0.05) is 27.5 Å². The summed E-state index contributed by atoms with van der Waals surface area (Å²) in [6.07, 6.45) is 0. The zero-order chi connectivity index (χ0) is 15.6. The van der Waals surface area contributed by atoms with Gasteiger partial charge < -0.3 is 10.4 Å². The lowest BCUT2D eigenvalue weighted by molar-refractivity contribution is 0.0695. The highest BCUT2D eigenvalue weighted by Gasteiger charge is 2.14. The molecule has 2 N–H and O–H groups in total. The Morgan fingerprint density at radius 1 is 1.29 bits per heavy atom. The quantitative estimate of drug-likeness (QED) is 0.863. The molecule has 0 fully saturated rings. The first-order chi connectivity index (χ1) is 9.88. The Labute approximate surface area is 134 Å². The van der Waals surface area contributed by atoms with Gasteiger partial charge in [-0.05, 0) is 37.3 Å². The molecule has 0 saturated heterocycles. The predicted octanol–water partition coefficient (Wildman–Crippen LogP) is 3.76. The predicted molar refractivity (Wildman–Crippen MR) is 83.0 cm³/mol. The number of nitrogens with one attached hydrogen (secondary N) is 1. The van der Waals surface area contributed by atoms with Gasteiger partial charge in [0.2, 0.25) is 0 Å². The number of aromatic carboxylic acids is 1. The maximum absolute atomic E-state index is 12.1. The van der Waals surface area contributed by atoms with Crippen molar-refractivity contribution in [1.82, 2.24) is 4.98 Å². The van der Waals surface area contributed by atoms with Crippen molar-refractivity contribution in [2.45, 2.75) is 6.92 Å². The summed E-state index contributed by atoms with van der Waals surface area (Å²) in [5.74, 6) is -1.54. The van der Waals surface area contributed by atoms with E-state index in [-0.39, 0.29) is 17.0 Å². The van der Waals surface area contributed by atoms with E-state index in [1.807, 2.05) is 0 Å². The van der Waals surface area contributed by atoms with Crippen molar-refractivity contribution in [3.63, 3.8) is 0 Å². The molecule has 5 nitrogen and oxygen atoms in total. The normalized spacial score (nSPS) is 10.2. The smallest absolute Gasteiger partial charge is 0.337 e. The van der Waals surface area contributed by atoms with Crippen LogP contribution in [0.15, 0.2) is 34.8 Å². The van der Waals surface area contributed by atoms with Crippen molar-refractivity contribution >= 4 is 45.1 Å². The van der Waals surface area contributed by atoms with E-state index in [9.17, 15) is 9.59 Å². The number of carboxylic acid groups (broad SMARTS) is 1. The Kier molecular flexibility index (Phi) is 4.59. The van der Waals surface area contributed by atoms with E-state index in [0.29, 0.717) is 10.7 Å². The van der Waals surface area contributed by atoms with E-state index in [0.717, 1.165) is 4.47 Å². The third-order valence-corrected chi connectivity index (χ3v) is 3.53. The summed E-state index contributed by atoms with van der Waals surface area (Å²) in [5, 5.41) is 11.9. The van der Waals surface area contributed by atoms with Crippen LogP contribution in [0.25, 0.3) is 0 Å². The largest absolute Gasteiger partial charge is 0.478 e. The van der Waals surface area contributed by atoms with Gasteiger partial charge in [0.15, 0.2) is 0 Å². The number of hydrogen-bond acceptors (Lipinski definition) is 3. The molecule has 7 heteroatoms. The highest BCUT2D eigenvalue weighted by atomic mass is 79.9. The van der Waals surface area contributed by atoms with Crippen LogP contribution in [0.5, 0.6) is 0 Å². The molecule has 0 aliphatic carbocycles. The minimum absolute atomic E-state index is 0.0632. The summed E-state index contributed by atoms with van der Waals surface area (Å²) < 4.78 is 0.797. The van der Waals surface area contributed by atoms with E-state index in [1.165, 1.54) is 19.1 Å². The highest BCUT2D eigenvalue weighted by molar-refractivity contribution is 9.10. The molecule has 21 heavy (non-hydrogen) atoms. The number of aryl methyl sites for hydroxylation is 1. The molecular weight excluding hydrogens is 360 g/mol. The summed E-state index contributed by atoms with van der Waals surface area (Å²) >= 11 is 9.29. The van der Waals surface area contributed by atoms with Gasteiger partial charge in [0.05, 0.1) is 22.0 Å². The third kappa shape index (κ3) is 3.59. The number of aromatic nitrogens is 1. The minimum atomic E-state index is -1.08. The molecule has 0 unspecified atom stereocenters. The summed E-state index contributed by atoms with van der Waals surface area (Å²) in [6.45, 7) is 1.53. The van der Waals surface area contributed by atoms with Crippen molar-refractivity contribution in [1.29, 1.82) is 0 Å². The van der Waals surface area contributed by atoms with Crippen LogP contribution >= 0.6 is 27.5 Å². The number of hydrogen-bond donors (Lipinski definition) is 2. The van der Waals surface area contributed by atoms with Gasteiger partial charge in [-0.15, -0.1) is 0 Å². The average molecular weight is 370 g/mol. The first-order valence-corrected chi connectivity index (χ1v) is 7.03. The van der Waals surface area contributed by atoms with Crippen molar-refractivity contribution in [3.8, 4) is 0 Å². The van der Waals surface area contributed by atoms with E-state index >= 15 is 0 Å². The minimum Gasteiger partial charge on any atom is -0.478 e. The second-order valence-electron chi connectivity index (χ2n) is 4.21. The van der Waals surface area contributed by atoms with Crippen LogP contribution in [-0.4, -0.2) is 22.0 Å². The molecule has 0 spiro atoms. The molecule has 108 valence electrons. The van der Waals surface area contributed by atoms with Gasteiger partial charge >= 0.3 is 5.97 Å². The number of benzene rings is 1. The monoisotopic (exact) mass is 368 g/mol. The Hall–Kier alpha value is -1.92. The van der Waals surface area contributed by atoms with Gasteiger partial charge in [-0.25, -0.2) is 9.78 Å². The van der Waals surface area contributed by atoms with E-state index in [1.54, 1.807) is 18.2 Å². The fraction of sp³-hybridized carbons (Fsp3) is 0.0714. The second-order valence-corrected chi connectivity index (χ2v) is 5.54. The van der Waals surface area contributed by atoms with Crippen LogP contribution in [-0.2, 0) is 0 Å². The molecule has 0 bridgehead atoms. The van der Waals surface area contributed by atoms with Gasteiger partial charge in [0.1, 0.15) is 5.69 Å². The van der Waals surface area contributed by atoms with E-state index in [4.69, 9.17) is 16.7 Å². The summed E-state index contributed by atoms with van der Waals surface area (Å²) in [6, 6.07) is 7.77. The van der Waals surface area contributed by atoms with Crippen molar-refractivity contribution < 1.29 is 14.7 Å². The molecule has 0 radical (unpaired) electrons. The summed E-state index contributed by atoms with van der Waals surface area (Å²) in [7, 11) is 0. The van der Waals surface area contributed by atoms with Gasteiger partial charge in [-0.3, -0.25) is 4.79 Å². The SMILES string of the molecule is Cc1nc(C(=O)Nc2ccc(Br)cc2Cl)ccc1C(=O)O. The van der Waals surface area contributed by atoms with E-state index in [2.05, 4.69) is 26.2 Å².